The minimum Gasteiger partial charge on any atom is -0.367 e. The average Bonchev–Trinajstić information content (AvgIpc) is 3.31. The van der Waals surface area contributed by atoms with E-state index in [4.69, 9.17) is 0 Å². The van der Waals surface area contributed by atoms with E-state index in [0.29, 0.717) is 55.0 Å². The minimum absolute atomic E-state index is 0.0942. The van der Waals surface area contributed by atoms with Crippen LogP contribution in [-0.4, -0.2) is 76.7 Å². The van der Waals surface area contributed by atoms with Gasteiger partial charge in [-0.25, -0.2) is 12.8 Å². The lowest BCUT2D eigenvalue weighted by Gasteiger charge is -2.36. The second-order valence-corrected chi connectivity index (χ2v) is 12.3. The van der Waals surface area contributed by atoms with E-state index in [1.807, 2.05) is 17.0 Å². The number of nitrogens with one attached hydrogen (secondary N) is 1. The molecule has 2 aromatic rings. The first-order valence-electron chi connectivity index (χ1n) is 12.5. The van der Waals surface area contributed by atoms with Crippen LogP contribution >= 0.6 is 15.9 Å². The number of hydrogen-bond donors (Lipinski definition) is 1. The van der Waals surface area contributed by atoms with Gasteiger partial charge in [0.2, 0.25) is 11.8 Å². The van der Waals surface area contributed by atoms with Crippen molar-refractivity contribution in [3.63, 3.8) is 0 Å². The Labute approximate surface area is 225 Å². The van der Waals surface area contributed by atoms with Crippen LogP contribution in [0.15, 0.2) is 45.8 Å². The van der Waals surface area contributed by atoms with Gasteiger partial charge in [-0.05, 0) is 36.2 Å². The summed E-state index contributed by atoms with van der Waals surface area (Å²) in [4.78, 5) is 30.7. The first kappa shape index (κ1) is 27.5. The van der Waals surface area contributed by atoms with Gasteiger partial charge in [0.15, 0.2) is 9.84 Å². The van der Waals surface area contributed by atoms with Crippen molar-refractivity contribution in [2.75, 3.05) is 61.4 Å². The highest BCUT2D eigenvalue weighted by Gasteiger charge is 2.32. The predicted octanol–water partition coefficient (Wildman–Crippen LogP) is 2.99. The van der Waals surface area contributed by atoms with Crippen molar-refractivity contribution >= 4 is 49.0 Å². The molecule has 0 aliphatic carbocycles. The molecule has 0 spiro atoms. The van der Waals surface area contributed by atoms with E-state index in [2.05, 4.69) is 26.1 Å². The first-order chi connectivity index (χ1) is 17.7. The molecule has 8 nitrogen and oxygen atoms in total. The zero-order chi connectivity index (χ0) is 26.6. The van der Waals surface area contributed by atoms with Gasteiger partial charge in [0.1, 0.15) is 5.82 Å². The maximum Gasteiger partial charge on any atom is 0.226 e. The Morgan fingerprint density at radius 1 is 1.08 bits per heavy atom. The van der Waals surface area contributed by atoms with Crippen LogP contribution < -0.4 is 15.1 Å². The molecule has 2 aromatic carbocycles. The van der Waals surface area contributed by atoms with Crippen LogP contribution in [0.3, 0.4) is 0 Å². The SMILES string of the molecule is CCC(=O)N1CCc2cc(Br)cc(S(=O)(=O)CCC(=O)NCCN3CCN(c4ccccc4F)CC3)c21. The molecule has 2 heterocycles. The molecule has 0 bridgehead atoms. The summed E-state index contributed by atoms with van der Waals surface area (Å²) in [5.41, 5.74) is 1.87. The van der Waals surface area contributed by atoms with Crippen molar-refractivity contribution in [3.05, 3.63) is 52.3 Å². The van der Waals surface area contributed by atoms with Gasteiger partial charge in [-0.15, -0.1) is 0 Å². The number of sulfone groups is 1. The molecule has 0 saturated carbocycles. The maximum atomic E-state index is 14.0. The second-order valence-electron chi connectivity index (χ2n) is 9.26. The van der Waals surface area contributed by atoms with Gasteiger partial charge in [-0.2, -0.15) is 0 Å². The summed E-state index contributed by atoms with van der Waals surface area (Å²) in [6.07, 6.45) is 0.722. The fraction of sp³-hybridized carbons (Fsp3) is 0.462. The third-order valence-electron chi connectivity index (χ3n) is 6.85. The Morgan fingerprint density at radius 3 is 2.51 bits per heavy atom. The number of carbonyl (C=O) groups excluding carboxylic acids is 2. The van der Waals surface area contributed by atoms with Crippen molar-refractivity contribution in [1.29, 1.82) is 0 Å². The lowest BCUT2D eigenvalue weighted by Crippen LogP contribution is -2.48. The molecule has 37 heavy (non-hydrogen) atoms. The van der Waals surface area contributed by atoms with Gasteiger partial charge in [-0.3, -0.25) is 14.5 Å². The number of amides is 2. The number of benzene rings is 2. The summed E-state index contributed by atoms with van der Waals surface area (Å²) < 4.78 is 41.1. The number of fused-ring (bicyclic) bond motifs is 1. The molecule has 1 fully saturated rings. The minimum atomic E-state index is -3.79. The zero-order valence-corrected chi connectivity index (χ0v) is 23.3. The number of hydrogen-bond acceptors (Lipinski definition) is 6. The summed E-state index contributed by atoms with van der Waals surface area (Å²) in [7, 11) is -3.79. The van der Waals surface area contributed by atoms with E-state index < -0.39 is 9.84 Å². The molecule has 0 radical (unpaired) electrons. The highest BCUT2D eigenvalue weighted by Crippen LogP contribution is 2.38. The molecular formula is C26H32BrFN4O4S. The van der Waals surface area contributed by atoms with Crippen molar-refractivity contribution in [2.45, 2.75) is 31.1 Å². The normalized spacial score (nSPS) is 16.1. The lowest BCUT2D eigenvalue weighted by molar-refractivity contribution is -0.121. The lowest BCUT2D eigenvalue weighted by atomic mass is 10.2. The Bertz CT molecular complexity index is 1270. The van der Waals surface area contributed by atoms with Crippen LogP contribution in [0.1, 0.15) is 25.3 Å². The van der Waals surface area contributed by atoms with Gasteiger partial charge in [0.05, 0.1) is 22.0 Å². The fourth-order valence-electron chi connectivity index (χ4n) is 4.85. The van der Waals surface area contributed by atoms with Gasteiger partial charge in [0.25, 0.3) is 0 Å². The number of carbonyl (C=O) groups is 2. The molecule has 0 aromatic heterocycles. The average molecular weight is 596 g/mol. The van der Waals surface area contributed by atoms with E-state index in [1.165, 1.54) is 12.1 Å². The van der Waals surface area contributed by atoms with Crippen molar-refractivity contribution in [1.82, 2.24) is 10.2 Å². The third kappa shape index (κ3) is 6.50. The highest BCUT2D eigenvalue weighted by molar-refractivity contribution is 9.10. The van der Waals surface area contributed by atoms with Crippen LogP contribution in [0, 0.1) is 5.82 Å². The smallest absolute Gasteiger partial charge is 0.226 e. The molecular weight excluding hydrogens is 563 g/mol. The van der Waals surface area contributed by atoms with Gasteiger partial charge in [-0.1, -0.05) is 35.0 Å². The van der Waals surface area contributed by atoms with Crippen LogP contribution in [0.4, 0.5) is 15.8 Å². The van der Waals surface area contributed by atoms with E-state index in [9.17, 15) is 22.4 Å². The molecule has 1 N–H and O–H groups in total. The van der Waals surface area contributed by atoms with Gasteiger partial charge in [0, 0.05) is 63.1 Å². The third-order valence-corrected chi connectivity index (χ3v) is 9.03. The second kappa shape index (κ2) is 11.9. The van der Waals surface area contributed by atoms with Crippen molar-refractivity contribution in [3.8, 4) is 0 Å². The van der Waals surface area contributed by atoms with Gasteiger partial charge >= 0.3 is 0 Å². The molecule has 2 amide bonds. The largest absolute Gasteiger partial charge is 0.367 e. The predicted molar refractivity (Wildman–Crippen MR) is 145 cm³/mol. The maximum absolute atomic E-state index is 14.0. The van der Waals surface area contributed by atoms with Crippen LogP contribution in [0.25, 0.3) is 0 Å². The molecule has 1 saturated heterocycles. The molecule has 4 rings (SSSR count). The van der Waals surface area contributed by atoms with E-state index in [0.717, 1.165) is 18.7 Å². The Morgan fingerprint density at radius 2 is 1.81 bits per heavy atom. The number of anilines is 2. The summed E-state index contributed by atoms with van der Waals surface area (Å²) in [5.74, 6) is -1.01. The fourth-order valence-corrected chi connectivity index (χ4v) is 7.02. The Balaban J connectivity index is 1.27. The van der Waals surface area contributed by atoms with E-state index >= 15 is 0 Å². The standard InChI is InChI=1S/C26H32BrFN4O4S/c1-2-25(34)32-10-7-19-17-20(27)18-23(26(19)32)37(35,36)16-8-24(33)29-9-11-30-12-14-31(15-13-30)22-6-4-3-5-21(22)28/h3-6,17-18H,2,7-16H2,1H3,(H,29,33). The summed E-state index contributed by atoms with van der Waals surface area (Å²) in [5, 5.41) is 2.81. The Hall–Kier alpha value is -2.50. The number of piperazine rings is 1. The van der Waals surface area contributed by atoms with Crippen LogP contribution in [-0.2, 0) is 25.8 Å². The molecule has 200 valence electrons. The van der Waals surface area contributed by atoms with Crippen LogP contribution in [0.5, 0.6) is 0 Å². The number of para-hydroxylation sites is 1. The van der Waals surface area contributed by atoms with Crippen molar-refractivity contribution < 1.29 is 22.4 Å². The molecule has 2 aliphatic heterocycles. The number of nitrogens with zero attached hydrogens (tertiary/aromatic N) is 3. The molecule has 0 unspecified atom stereocenters. The summed E-state index contributed by atoms with van der Waals surface area (Å²) >= 11 is 3.38. The zero-order valence-electron chi connectivity index (χ0n) is 20.9. The number of rotatable bonds is 9. The first-order valence-corrected chi connectivity index (χ1v) is 15.0. The summed E-state index contributed by atoms with van der Waals surface area (Å²) in [6, 6.07) is 10.1. The Kier molecular flexibility index (Phi) is 8.86. The van der Waals surface area contributed by atoms with E-state index in [-0.39, 0.29) is 41.1 Å². The molecule has 0 atom stereocenters. The topological polar surface area (TPSA) is 90.0 Å². The quantitative estimate of drug-likeness (QED) is 0.480. The number of halogens is 2. The molecule has 2 aliphatic rings. The van der Waals surface area contributed by atoms with E-state index in [1.54, 1.807) is 24.0 Å². The monoisotopic (exact) mass is 594 g/mol. The summed E-state index contributed by atoms with van der Waals surface area (Å²) in [6.45, 7) is 6.14. The molecule has 11 heteroatoms. The van der Waals surface area contributed by atoms with Crippen molar-refractivity contribution in [2.24, 2.45) is 0 Å². The van der Waals surface area contributed by atoms with Crippen LogP contribution in [0.2, 0.25) is 0 Å². The highest BCUT2D eigenvalue weighted by atomic mass is 79.9. The van der Waals surface area contributed by atoms with Gasteiger partial charge < -0.3 is 15.1 Å².